The highest BCUT2D eigenvalue weighted by atomic mass is 127. The van der Waals surface area contributed by atoms with Gasteiger partial charge in [0.15, 0.2) is 6.61 Å². The molecule has 1 amide bonds. The van der Waals surface area contributed by atoms with Crippen molar-refractivity contribution >= 4 is 51.8 Å². The second-order valence-corrected chi connectivity index (χ2v) is 5.91. The molecule has 114 valence electrons. The number of hydrogen-bond donors (Lipinski definition) is 1. The van der Waals surface area contributed by atoms with Gasteiger partial charge in [-0.05, 0) is 59.0 Å². The number of nitrogens with one attached hydrogen (secondary N) is 1. The minimum Gasteiger partial charge on any atom is -0.452 e. The number of amides is 1. The van der Waals surface area contributed by atoms with Gasteiger partial charge in [0.2, 0.25) is 0 Å². The van der Waals surface area contributed by atoms with E-state index < -0.39 is 24.3 Å². The van der Waals surface area contributed by atoms with E-state index in [0.717, 1.165) is 15.7 Å². The summed E-state index contributed by atoms with van der Waals surface area (Å²) >= 11 is 7.86. The highest BCUT2D eigenvalue weighted by Crippen LogP contribution is 2.18. The lowest BCUT2D eigenvalue weighted by Crippen LogP contribution is -2.21. The molecule has 22 heavy (non-hydrogen) atoms. The van der Waals surface area contributed by atoms with Crippen molar-refractivity contribution < 1.29 is 18.7 Å². The van der Waals surface area contributed by atoms with Gasteiger partial charge >= 0.3 is 5.97 Å². The molecule has 0 aliphatic rings. The summed E-state index contributed by atoms with van der Waals surface area (Å²) in [5.74, 6) is -1.82. The fourth-order valence-electron chi connectivity index (χ4n) is 1.63. The number of ether oxygens (including phenoxy) is 1. The fourth-order valence-corrected chi connectivity index (χ4v) is 2.41. The molecule has 0 saturated heterocycles. The van der Waals surface area contributed by atoms with Gasteiger partial charge in [0.25, 0.3) is 5.91 Å². The second kappa shape index (κ2) is 7.55. The molecule has 7 heteroatoms. The summed E-state index contributed by atoms with van der Waals surface area (Å²) in [5, 5.41) is 2.53. The average molecular weight is 434 g/mol. The third-order valence-corrected chi connectivity index (χ3v) is 3.58. The number of carbonyl (C=O) groups excluding carboxylic acids is 2. The quantitative estimate of drug-likeness (QED) is 0.588. The van der Waals surface area contributed by atoms with E-state index in [1.165, 1.54) is 6.07 Å². The van der Waals surface area contributed by atoms with Crippen LogP contribution in [0.1, 0.15) is 10.4 Å². The lowest BCUT2D eigenvalue weighted by atomic mass is 10.2. The van der Waals surface area contributed by atoms with Crippen molar-refractivity contribution in [3.63, 3.8) is 0 Å². The van der Waals surface area contributed by atoms with Crippen LogP contribution >= 0.6 is 34.2 Å². The minimum atomic E-state index is -0.789. The standard InChI is InChI=1S/C15H10ClFINO3/c16-13-6-9(17)4-5-12(13)15(21)22-8-14(20)19-11-3-1-2-10(18)7-11/h1-7H,8H2,(H,19,20). The van der Waals surface area contributed by atoms with Crippen molar-refractivity contribution in [2.45, 2.75) is 0 Å². The molecule has 0 aromatic heterocycles. The van der Waals surface area contributed by atoms with Crippen LogP contribution in [0.25, 0.3) is 0 Å². The highest BCUT2D eigenvalue weighted by molar-refractivity contribution is 14.1. The zero-order valence-corrected chi connectivity index (χ0v) is 14.0. The van der Waals surface area contributed by atoms with Gasteiger partial charge in [-0.1, -0.05) is 17.7 Å². The van der Waals surface area contributed by atoms with E-state index in [1.54, 1.807) is 18.2 Å². The SMILES string of the molecule is O=C(COC(=O)c1ccc(F)cc1Cl)Nc1cccc(I)c1. The number of esters is 1. The first-order chi connectivity index (χ1) is 10.5. The summed E-state index contributed by atoms with van der Waals surface area (Å²) in [6.07, 6.45) is 0. The third-order valence-electron chi connectivity index (χ3n) is 2.59. The molecule has 0 bridgehead atoms. The molecule has 1 N–H and O–H groups in total. The number of anilines is 1. The maximum atomic E-state index is 12.9. The molecule has 0 atom stereocenters. The summed E-state index contributed by atoms with van der Waals surface area (Å²) < 4.78 is 18.7. The summed E-state index contributed by atoms with van der Waals surface area (Å²) in [7, 11) is 0. The molecule has 0 fully saturated rings. The van der Waals surface area contributed by atoms with Gasteiger partial charge < -0.3 is 10.1 Å². The molecule has 2 aromatic carbocycles. The molecule has 0 radical (unpaired) electrons. The number of halogens is 3. The predicted molar refractivity (Wildman–Crippen MR) is 89.5 cm³/mol. The number of carbonyl (C=O) groups is 2. The molecule has 0 saturated carbocycles. The molecule has 0 aliphatic heterocycles. The van der Waals surface area contributed by atoms with Crippen LogP contribution in [0.4, 0.5) is 10.1 Å². The van der Waals surface area contributed by atoms with Gasteiger partial charge in [0.1, 0.15) is 5.82 Å². The topological polar surface area (TPSA) is 55.4 Å². The van der Waals surface area contributed by atoms with Crippen LogP contribution in [0.3, 0.4) is 0 Å². The molecule has 0 heterocycles. The van der Waals surface area contributed by atoms with Crippen LogP contribution < -0.4 is 5.32 Å². The van der Waals surface area contributed by atoms with Crippen molar-refractivity contribution in [1.82, 2.24) is 0 Å². The Balaban J connectivity index is 1.92. The first-order valence-electron chi connectivity index (χ1n) is 6.13. The zero-order valence-electron chi connectivity index (χ0n) is 11.1. The van der Waals surface area contributed by atoms with Crippen molar-refractivity contribution in [3.8, 4) is 0 Å². The Kier molecular flexibility index (Phi) is 5.73. The number of rotatable bonds is 4. The van der Waals surface area contributed by atoms with Gasteiger partial charge in [-0.3, -0.25) is 4.79 Å². The van der Waals surface area contributed by atoms with Crippen LogP contribution in [0, 0.1) is 9.39 Å². The molecule has 2 rings (SSSR count). The Morgan fingerprint density at radius 1 is 1.23 bits per heavy atom. The van der Waals surface area contributed by atoms with E-state index >= 15 is 0 Å². The first-order valence-corrected chi connectivity index (χ1v) is 7.59. The van der Waals surface area contributed by atoms with Gasteiger partial charge in [0, 0.05) is 9.26 Å². The first kappa shape index (κ1) is 16.7. The van der Waals surface area contributed by atoms with Crippen molar-refractivity contribution in [3.05, 3.63) is 62.4 Å². The molecule has 2 aromatic rings. The second-order valence-electron chi connectivity index (χ2n) is 4.26. The zero-order chi connectivity index (χ0) is 16.1. The minimum absolute atomic E-state index is 0.00475. The average Bonchev–Trinajstić information content (AvgIpc) is 2.45. The molecular weight excluding hydrogens is 424 g/mol. The van der Waals surface area contributed by atoms with Gasteiger partial charge in [-0.25, -0.2) is 9.18 Å². The monoisotopic (exact) mass is 433 g/mol. The fraction of sp³-hybridized carbons (Fsp3) is 0.0667. The van der Waals surface area contributed by atoms with E-state index in [-0.39, 0.29) is 10.6 Å². The van der Waals surface area contributed by atoms with Gasteiger partial charge in [-0.15, -0.1) is 0 Å². The van der Waals surface area contributed by atoms with E-state index in [9.17, 15) is 14.0 Å². The van der Waals surface area contributed by atoms with Crippen LogP contribution in [0.15, 0.2) is 42.5 Å². The Morgan fingerprint density at radius 2 is 2.00 bits per heavy atom. The maximum Gasteiger partial charge on any atom is 0.340 e. The molecule has 0 spiro atoms. The predicted octanol–water partition coefficient (Wildman–Crippen LogP) is 3.88. The highest BCUT2D eigenvalue weighted by Gasteiger charge is 2.14. The van der Waals surface area contributed by atoms with E-state index in [4.69, 9.17) is 16.3 Å². The summed E-state index contributed by atoms with van der Waals surface area (Å²) in [4.78, 5) is 23.5. The molecular formula is C15H10ClFINO3. The smallest absolute Gasteiger partial charge is 0.340 e. The van der Waals surface area contributed by atoms with Crippen LogP contribution in [0.5, 0.6) is 0 Å². The molecule has 0 aliphatic carbocycles. The third kappa shape index (κ3) is 4.67. The Morgan fingerprint density at radius 3 is 2.68 bits per heavy atom. The number of benzene rings is 2. The maximum absolute atomic E-state index is 12.9. The van der Waals surface area contributed by atoms with E-state index in [1.807, 2.05) is 6.07 Å². The van der Waals surface area contributed by atoms with Gasteiger partial charge in [0.05, 0.1) is 10.6 Å². The largest absolute Gasteiger partial charge is 0.452 e. The van der Waals surface area contributed by atoms with Crippen LogP contribution in [0.2, 0.25) is 5.02 Å². The summed E-state index contributed by atoms with van der Waals surface area (Å²) in [5.41, 5.74) is 0.609. The summed E-state index contributed by atoms with van der Waals surface area (Å²) in [6, 6.07) is 10.5. The van der Waals surface area contributed by atoms with Gasteiger partial charge in [-0.2, -0.15) is 0 Å². The molecule has 0 unspecified atom stereocenters. The molecule has 4 nitrogen and oxygen atoms in total. The van der Waals surface area contributed by atoms with Crippen molar-refractivity contribution in [2.75, 3.05) is 11.9 Å². The van der Waals surface area contributed by atoms with E-state index in [0.29, 0.717) is 5.69 Å². The lowest BCUT2D eigenvalue weighted by molar-refractivity contribution is -0.119. The summed E-state index contributed by atoms with van der Waals surface area (Å²) in [6.45, 7) is -0.460. The van der Waals surface area contributed by atoms with Crippen LogP contribution in [-0.2, 0) is 9.53 Å². The number of hydrogen-bond acceptors (Lipinski definition) is 3. The lowest BCUT2D eigenvalue weighted by Gasteiger charge is -2.08. The Hall–Kier alpha value is -1.67. The van der Waals surface area contributed by atoms with Crippen molar-refractivity contribution in [2.24, 2.45) is 0 Å². The normalized spacial score (nSPS) is 10.1. The Labute approximate surface area is 144 Å². The Bertz CT molecular complexity index is 724. The van der Waals surface area contributed by atoms with Crippen LogP contribution in [-0.4, -0.2) is 18.5 Å². The van der Waals surface area contributed by atoms with Crippen molar-refractivity contribution in [1.29, 1.82) is 0 Å². The van der Waals surface area contributed by atoms with E-state index in [2.05, 4.69) is 27.9 Å².